The number of ether oxygens (including phenoxy) is 1. The van der Waals surface area contributed by atoms with Gasteiger partial charge in [-0.25, -0.2) is 19.9 Å². The summed E-state index contributed by atoms with van der Waals surface area (Å²) in [6.07, 6.45) is 8.48. The van der Waals surface area contributed by atoms with Gasteiger partial charge < -0.3 is 25.2 Å². The number of piperidine rings is 1. The molecule has 0 aliphatic carbocycles. The van der Waals surface area contributed by atoms with Crippen LogP contribution in [0.4, 0.5) is 5.82 Å². The molecule has 46 heavy (non-hydrogen) atoms. The molecule has 0 bridgehead atoms. The second-order valence-corrected chi connectivity index (χ2v) is 12.0. The van der Waals surface area contributed by atoms with Gasteiger partial charge in [0, 0.05) is 57.0 Å². The zero-order valence-corrected chi connectivity index (χ0v) is 27.1. The molecule has 1 atom stereocenters. The third-order valence-electron chi connectivity index (χ3n) is 8.10. The minimum Gasteiger partial charge on any atom is -0.487 e. The number of likely N-dealkylation sites (tertiary alicyclic amines) is 1. The number of aromatic nitrogens is 4. The van der Waals surface area contributed by atoms with Gasteiger partial charge in [-0.1, -0.05) is 30.3 Å². The smallest absolute Gasteiger partial charge is 0.251 e. The number of anilines is 1. The molecule has 2 N–H and O–H groups in total. The molecule has 242 valence electrons. The lowest BCUT2D eigenvalue weighted by molar-refractivity contribution is 0.0955. The van der Waals surface area contributed by atoms with Crippen molar-refractivity contribution < 1.29 is 9.53 Å². The fourth-order valence-corrected chi connectivity index (χ4v) is 5.68. The summed E-state index contributed by atoms with van der Waals surface area (Å²) >= 11 is 0. The van der Waals surface area contributed by atoms with E-state index in [1.54, 1.807) is 6.20 Å². The maximum absolute atomic E-state index is 13.0. The molecule has 10 heteroatoms. The van der Waals surface area contributed by atoms with Crippen molar-refractivity contribution in [3.05, 3.63) is 108 Å². The molecule has 5 rings (SSSR count). The summed E-state index contributed by atoms with van der Waals surface area (Å²) in [7, 11) is 4.13. The summed E-state index contributed by atoms with van der Waals surface area (Å²) in [6, 6.07) is 21.7. The molecule has 1 amide bonds. The van der Waals surface area contributed by atoms with Crippen LogP contribution in [-0.4, -0.2) is 89.0 Å². The summed E-state index contributed by atoms with van der Waals surface area (Å²) in [6.45, 7) is 5.44. The molecule has 2 aromatic carbocycles. The van der Waals surface area contributed by atoms with Crippen LogP contribution in [0.3, 0.4) is 0 Å². The van der Waals surface area contributed by atoms with Gasteiger partial charge in [0.25, 0.3) is 5.91 Å². The maximum atomic E-state index is 13.0. The van der Waals surface area contributed by atoms with Crippen molar-refractivity contribution in [2.24, 2.45) is 0 Å². The lowest BCUT2D eigenvalue weighted by Crippen LogP contribution is -2.36. The monoisotopic (exact) mass is 622 g/mol. The van der Waals surface area contributed by atoms with E-state index in [0.29, 0.717) is 31.2 Å². The highest BCUT2D eigenvalue weighted by molar-refractivity contribution is 5.94. The molecule has 0 saturated carbocycles. The van der Waals surface area contributed by atoms with Crippen molar-refractivity contribution in [2.75, 3.05) is 58.7 Å². The molecule has 0 radical (unpaired) electrons. The van der Waals surface area contributed by atoms with Gasteiger partial charge in [0.1, 0.15) is 29.8 Å². The predicted octanol–water partition coefficient (Wildman–Crippen LogP) is 4.60. The number of hydrogen-bond acceptors (Lipinski definition) is 9. The molecular weight excluding hydrogens is 576 g/mol. The van der Waals surface area contributed by atoms with Crippen LogP contribution in [0.1, 0.15) is 58.4 Å². The molecule has 1 aliphatic rings. The van der Waals surface area contributed by atoms with Crippen LogP contribution in [-0.2, 0) is 19.4 Å². The number of rotatable bonds is 16. The largest absolute Gasteiger partial charge is 0.487 e. The lowest BCUT2D eigenvalue weighted by atomic mass is 9.89. The van der Waals surface area contributed by atoms with Crippen molar-refractivity contribution in [2.45, 2.75) is 44.6 Å². The van der Waals surface area contributed by atoms with Crippen molar-refractivity contribution in [3.8, 4) is 5.75 Å². The van der Waals surface area contributed by atoms with Gasteiger partial charge in [-0.15, -0.1) is 0 Å². The molecule has 1 fully saturated rings. The van der Waals surface area contributed by atoms with Gasteiger partial charge in [-0.2, -0.15) is 0 Å². The average Bonchev–Trinajstić information content (AvgIpc) is 3.09. The Hall–Kier alpha value is -4.41. The SMILES string of the molecule is CN(C)CCCc1nccc(NCCNC(=O)c2cccc(C3CCCN(CCc4nccc(COc5ccccc5)n4)C3)c2)n1. The minimum absolute atomic E-state index is 0.0587. The van der Waals surface area contributed by atoms with Gasteiger partial charge >= 0.3 is 0 Å². The predicted molar refractivity (Wildman–Crippen MR) is 181 cm³/mol. The molecule has 2 aromatic heterocycles. The zero-order valence-electron chi connectivity index (χ0n) is 27.1. The Bertz CT molecular complexity index is 1520. The summed E-state index contributed by atoms with van der Waals surface area (Å²) in [5.74, 6) is 3.62. The first kappa shape index (κ1) is 33.0. The normalized spacial score (nSPS) is 15.1. The first-order chi connectivity index (χ1) is 22.5. The van der Waals surface area contributed by atoms with Crippen LogP contribution in [0.15, 0.2) is 79.1 Å². The quantitative estimate of drug-likeness (QED) is 0.173. The summed E-state index contributed by atoms with van der Waals surface area (Å²) < 4.78 is 5.86. The summed E-state index contributed by atoms with van der Waals surface area (Å²) in [5.41, 5.74) is 2.79. The highest BCUT2D eigenvalue weighted by Gasteiger charge is 2.22. The number of amides is 1. The molecule has 0 spiro atoms. The molecule has 4 aromatic rings. The number of carbonyl (C=O) groups is 1. The number of nitrogens with zero attached hydrogens (tertiary/aromatic N) is 6. The third kappa shape index (κ3) is 10.6. The standard InChI is InChI=1S/C36H46N8O2/c1-43(2)22-8-14-33-38-19-16-34(42-33)39-20-21-40-36(45)29-10-6-9-28(25-29)30-11-7-23-44(26-30)24-17-35-37-18-15-31(41-35)27-46-32-12-4-3-5-13-32/h3-6,9-10,12-13,15-16,18-19,25,30H,7-8,11,14,17,20-24,26-27H2,1-2H3,(H,40,45)(H,38,39,42). The van der Waals surface area contributed by atoms with Crippen LogP contribution in [0.5, 0.6) is 5.75 Å². The highest BCUT2D eigenvalue weighted by atomic mass is 16.5. The Kier molecular flexibility index (Phi) is 12.4. The van der Waals surface area contributed by atoms with Crippen LogP contribution < -0.4 is 15.4 Å². The second kappa shape index (κ2) is 17.3. The van der Waals surface area contributed by atoms with Crippen molar-refractivity contribution in [1.29, 1.82) is 0 Å². The summed E-state index contributed by atoms with van der Waals surface area (Å²) in [4.78, 5) is 35.8. The fourth-order valence-electron chi connectivity index (χ4n) is 5.68. The van der Waals surface area contributed by atoms with Crippen LogP contribution in [0.2, 0.25) is 0 Å². The van der Waals surface area contributed by atoms with Gasteiger partial charge in [0.05, 0.1) is 5.69 Å². The Morgan fingerprint density at radius 1 is 0.957 bits per heavy atom. The number of para-hydroxylation sites is 1. The Balaban J connectivity index is 1.05. The van der Waals surface area contributed by atoms with Crippen molar-refractivity contribution in [3.63, 3.8) is 0 Å². The van der Waals surface area contributed by atoms with E-state index in [4.69, 9.17) is 9.72 Å². The summed E-state index contributed by atoms with van der Waals surface area (Å²) in [5, 5.41) is 6.35. The first-order valence-electron chi connectivity index (χ1n) is 16.3. The van der Waals surface area contributed by atoms with Gasteiger partial charge in [-0.05, 0) is 94.3 Å². The van der Waals surface area contributed by atoms with Crippen LogP contribution >= 0.6 is 0 Å². The van der Waals surface area contributed by atoms with Gasteiger partial charge in [0.2, 0.25) is 0 Å². The van der Waals surface area contributed by atoms with Gasteiger partial charge in [-0.3, -0.25) is 4.79 Å². The molecule has 1 saturated heterocycles. The molecule has 1 aliphatic heterocycles. The zero-order chi connectivity index (χ0) is 32.0. The van der Waals surface area contributed by atoms with E-state index in [9.17, 15) is 4.79 Å². The number of benzene rings is 2. The first-order valence-corrected chi connectivity index (χ1v) is 16.3. The molecular formula is C36H46N8O2. The minimum atomic E-state index is -0.0587. The van der Waals surface area contributed by atoms with Gasteiger partial charge in [0.15, 0.2) is 0 Å². The number of nitrogens with one attached hydrogen (secondary N) is 2. The van der Waals surface area contributed by atoms with E-state index in [2.05, 4.69) is 61.6 Å². The Morgan fingerprint density at radius 2 is 1.78 bits per heavy atom. The van der Waals surface area contributed by atoms with Crippen molar-refractivity contribution in [1.82, 2.24) is 35.1 Å². The van der Waals surface area contributed by atoms with Crippen LogP contribution in [0.25, 0.3) is 0 Å². The Labute approximate surface area is 272 Å². The topological polar surface area (TPSA) is 108 Å². The van der Waals surface area contributed by atoms with Crippen LogP contribution in [0, 0.1) is 0 Å². The van der Waals surface area contributed by atoms with Crippen molar-refractivity contribution >= 4 is 11.7 Å². The average molecular weight is 623 g/mol. The van der Waals surface area contributed by atoms with E-state index in [0.717, 1.165) is 87.2 Å². The fraction of sp³-hybridized carbons (Fsp3) is 0.417. The van der Waals surface area contributed by atoms with E-state index < -0.39 is 0 Å². The number of carbonyl (C=O) groups excluding carboxylic acids is 1. The molecule has 10 nitrogen and oxygen atoms in total. The number of aryl methyl sites for hydroxylation is 1. The Morgan fingerprint density at radius 3 is 2.63 bits per heavy atom. The number of hydrogen-bond donors (Lipinski definition) is 2. The van der Waals surface area contributed by atoms with E-state index in [1.807, 2.05) is 60.8 Å². The molecule has 3 heterocycles. The highest BCUT2D eigenvalue weighted by Crippen LogP contribution is 2.27. The lowest BCUT2D eigenvalue weighted by Gasteiger charge is -2.33. The van der Waals surface area contributed by atoms with E-state index in [-0.39, 0.29) is 5.91 Å². The third-order valence-corrected chi connectivity index (χ3v) is 8.10. The molecule has 1 unspecified atom stereocenters. The van der Waals surface area contributed by atoms with E-state index >= 15 is 0 Å². The maximum Gasteiger partial charge on any atom is 0.251 e. The van der Waals surface area contributed by atoms with E-state index in [1.165, 1.54) is 5.56 Å². The second-order valence-electron chi connectivity index (χ2n) is 12.0.